The Hall–Kier alpha value is -2.81. The zero-order valence-electron chi connectivity index (χ0n) is 14.9. The summed E-state index contributed by atoms with van der Waals surface area (Å²) in [5.41, 5.74) is 1.73. The summed E-state index contributed by atoms with van der Waals surface area (Å²) in [5, 5.41) is 10.1. The molecule has 27 heavy (non-hydrogen) atoms. The molecule has 0 saturated carbocycles. The largest absolute Gasteiger partial charge is 0.338 e. The van der Waals surface area contributed by atoms with Crippen molar-refractivity contribution in [2.45, 2.75) is 31.8 Å². The second-order valence-corrected chi connectivity index (χ2v) is 7.29. The molecule has 4 heterocycles. The number of carbonyl (C=O) groups is 1. The van der Waals surface area contributed by atoms with E-state index in [1.807, 2.05) is 27.2 Å². The maximum atomic E-state index is 12.6. The number of carbonyl (C=O) groups excluding carboxylic acids is 1. The highest BCUT2D eigenvalue weighted by molar-refractivity contribution is 7.13. The second kappa shape index (κ2) is 8.26. The highest BCUT2D eigenvalue weighted by Gasteiger charge is 2.28. The van der Waals surface area contributed by atoms with Crippen molar-refractivity contribution >= 4 is 17.4 Å². The van der Waals surface area contributed by atoms with Crippen LogP contribution in [-0.2, 0) is 13.0 Å². The minimum Gasteiger partial charge on any atom is -0.338 e. The number of nitrogens with one attached hydrogen (secondary N) is 1. The summed E-state index contributed by atoms with van der Waals surface area (Å²) in [6.45, 7) is 2.10. The molecule has 3 aromatic heterocycles. The predicted molar refractivity (Wildman–Crippen MR) is 102 cm³/mol. The lowest BCUT2D eigenvalue weighted by atomic mass is 10.2. The van der Waals surface area contributed by atoms with Crippen LogP contribution in [0.5, 0.6) is 0 Å². The van der Waals surface area contributed by atoms with E-state index in [0.717, 1.165) is 42.3 Å². The third-order valence-corrected chi connectivity index (χ3v) is 5.50. The molecular formula is C18H21N7OS. The van der Waals surface area contributed by atoms with Gasteiger partial charge in [-0.25, -0.2) is 9.78 Å². The van der Waals surface area contributed by atoms with Gasteiger partial charge in [-0.1, -0.05) is 0 Å². The Morgan fingerprint density at radius 2 is 2.30 bits per heavy atom. The second-order valence-electron chi connectivity index (χ2n) is 6.43. The average Bonchev–Trinajstić information content (AvgIpc) is 3.45. The number of nitrogens with zero attached hydrogens (tertiary/aromatic N) is 6. The molecule has 0 unspecified atom stereocenters. The van der Waals surface area contributed by atoms with Gasteiger partial charge in [-0.3, -0.25) is 14.6 Å². The summed E-state index contributed by atoms with van der Waals surface area (Å²) in [6, 6.07) is 2.10. The number of amides is 2. The van der Waals surface area contributed by atoms with Crippen molar-refractivity contribution in [3.05, 3.63) is 48.1 Å². The van der Waals surface area contributed by atoms with Gasteiger partial charge >= 0.3 is 6.03 Å². The first-order chi connectivity index (χ1) is 13.3. The van der Waals surface area contributed by atoms with Crippen LogP contribution in [0.3, 0.4) is 0 Å². The van der Waals surface area contributed by atoms with E-state index in [4.69, 9.17) is 0 Å². The van der Waals surface area contributed by atoms with E-state index in [2.05, 4.69) is 25.4 Å². The number of urea groups is 1. The molecule has 4 rings (SSSR count). The van der Waals surface area contributed by atoms with E-state index < -0.39 is 0 Å². The monoisotopic (exact) mass is 383 g/mol. The Morgan fingerprint density at radius 3 is 3.11 bits per heavy atom. The first-order valence-corrected chi connectivity index (χ1v) is 9.90. The average molecular weight is 383 g/mol. The van der Waals surface area contributed by atoms with Crippen molar-refractivity contribution in [3.8, 4) is 10.7 Å². The summed E-state index contributed by atoms with van der Waals surface area (Å²) in [6.07, 6.45) is 11.5. The van der Waals surface area contributed by atoms with Gasteiger partial charge in [0.1, 0.15) is 10.7 Å². The summed E-state index contributed by atoms with van der Waals surface area (Å²) >= 11 is 1.54. The van der Waals surface area contributed by atoms with E-state index >= 15 is 0 Å². The van der Waals surface area contributed by atoms with Crippen molar-refractivity contribution in [3.63, 3.8) is 0 Å². The molecule has 1 N–H and O–H groups in total. The number of hydrogen-bond acceptors (Lipinski definition) is 6. The van der Waals surface area contributed by atoms with Crippen LogP contribution in [0.2, 0.25) is 0 Å². The Kier molecular flexibility index (Phi) is 5.38. The van der Waals surface area contributed by atoms with Crippen molar-refractivity contribution in [2.24, 2.45) is 0 Å². The molecule has 0 aromatic carbocycles. The van der Waals surface area contributed by atoms with Gasteiger partial charge in [0.2, 0.25) is 0 Å². The van der Waals surface area contributed by atoms with E-state index in [9.17, 15) is 4.79 Å². The Bertz CT molecular complexity index is 865. The molecule has 0 spiro atoms. The topological polar surface area (TPSA) is 88.8 Å². The summed E-state index contributed by atoms with van der Waals surface area (Å²) in [4.78, 5) is 27.4. The molecule has 140 valence electrons. The third kappa shape index (κ3) is 4.30. The highest BCUT2D eigenvalue weighted by Crippen LogP contribution is 2.21. The molecule has 8 nitrogen and oxygen atoms in total. The molecule has 1 saturated heterocycles. The van der Waals surface area contributed by atoms with E-state index in [1.54, 1.807) is 36.1 Å². The highest BCUT2D eigenvalue weighted by atomic mass is 32.1. The third-order valence-electron chi connectivity index (χ3n) is 4.59. The van der Waals surface area contributed by atoms with Crippen molar-refractivity contribution < 1.29 is 4.79 Å². The van der Waals surface area contributed by atoms with Crippen LogP contribution >= 0.6 is 11.3 Å². The Morgan fingerprint density at radius 1 is 1.33 bits per heavy atom. The maximum absolute atomic E-state index is 12.6. The van der Waals surface area contributed by atoms with Gasteiger partial charge in [0.05, 0.1) is 24.5 Å². The van der Waals surface area contributed by atoms with Gasteiger partial charge in [0, 0.05) is 49.7 Å². The van der Waals surface area contributed by atoms with Gasteiger partial charge in [-0.2, -0.15) is 5.10 Å². The summed E-state index contributed by atoms with van der Waals surface area (Å²) in [5.74, 6) is 0. The summed E-state index contributed by atoms with van der Waals surface area (Å²) < 4.78 is 1.89. The fourth-order valence-corrected chi connectivity index (χ4v) is 4.08. The standard InChI is InChI=1S/C18H21N7OS/c26-18(25-10-1-3-15(25)12-24-9-2-5-22-24)21-6-4-14-13-27-17(23-14)16-11-19-7-8-20-16/h2,5,7-9,11,13,15H,1,3-4,6,10,12H2,(H,21,26)/t15-/m0/s1. The lowest BCUT2D eigenvalue weighted by Crippen LogP contribution is -2.44. The lowest BCUT2D eigenvalue weighted by molar-refractivity contribution is 0.186. The number of likely N-dealkylation sites (tertiary alicyclic amines) is 1. The van der Waals surface area contributed by atoms with Crippen LogP contribution in [-0.4, -0.2) is 54.8 Å². The first-order valence-electron chi connectivity index (χ1n) is 9.02. The van der Waals surface area contributed by atoms with Gasteiger partial charge in [-0.05, 0) is 18.9 Å². The minimum absolute atomic E-state index is 0.00552. The van der Waals surface area contributed by atoms with Crippen LogP contribution in [0.15, 0.2) is 42.4 Å². The molecule has 0 bridgehead atoms. The lowest BCUT2D eigenvalue weighted by Gasteiger charge is -2.25. The fourth-order valence-electron chi connectivity index (χ4n) is 3.27. The predicted octanol–water partition coefficient (Wildman–Crippen LogP) is 2.21. The molecule has 9 heteroatoms. The van der Waals surface area contributed by atoms with Gasteiger partial charge in [0.25, 0.3) is 0 Å². The van der Waals surface area contributed by atoms with Gasteiger partial charge < -0.3 is 10.2 Å². The van der Waals surface area contributed by atoms with E-state index in [0.29, 0.717) is 13.0 Å². The SMILES string of the molecule is O=C(NCCc1csc(-c2cnccn2)n1)N1CCC[C@H]1Cn1cccn1. The maximum Gasteiger partial charge on any atom is 0.317 e. The van der Waals surface area contributed by atoms with Crippen molar-refractivity contribution in [1.82, 2.24) is 34.9 Å². The quantitative estimate of drug-likeness (QED) is 0.705. The van der Waals surface area contributed by atoms with E-state index in [-0.39, 0.29) is 12.1 Å². The van der Waals surface area contributed by atoms with Gasteiger partial charge in [0.15, 0.2) is 0 Å². The number of hydrogen-bond donors (Lipinski definition) is 1. The molecule has 0 radical (unpaired) electrons. The molecule has 2 amide bonds. The normalized spacial score (nSPS) is 16.6. The molecule has 1 aliphatic rings. The zero-order valence-corrected chi connectivity index (χ0v) is 15.7. The molecule has 1 aliphatic heterocycles. The number of aromatic nitrogens is 5. The smallest absolute Gasteiger partial charge is 0.317 e. The fraction of sp³-hybridized carbons (Fsp3) is 0.389. The van der Waals surface area contributed by atoms with Crippen LogP contribution < -0.4 is 5.32 Å². The number of rotatable bonds is 6. The van der Waals surface area contributed by atoms with Gasteiger partial charge in [-0.15, -0.1) is 11.3 Å². The van der Waals surface area contributed by atoms with Crippen LogP contribution in [0.1, 0.15) is 18.5 Å². The van der Waals surface area contributed by atoms with Crippen molar-refractivity contribution in [1.29, 1.82) is 0 Å². The van der Waals surface area contributed by atoms with Crippen LogP contribution in [0.25, 0.3) is 10.7 Å². The number of thiazole rings is 1. The van der Waals surface area contributed by atoms with Crippen molar-refractivity contribution in [2.75, 3.05) is 13.1 Å². The zero-order chi connectivity index (χ0) is 18.5. The Balaban J connectivity index is 1.27. The molecule has 1 fully saturated rings. The minimum atomic E-state index is -0.00552. The van der Waals surface area contributed by atoms with Crippen LogP contribution in [0.4, 0.5) is 4.79 Å². The molecule has 3 aromatic rings. The molecular weight excluding hydrogens is 362 g/mol. The van der Waals surface area contributed by atoms with Crippen LogP contribution in [0, 0.1) is 0 Å². The Labute approximate surface area is 161 Å². The van der Waals surface area contributed by atoms with E-state index in [1.165, 1.54) is 0 Å². The first kappa shape index (κ1) is 17.6. The molecule has 0 aliphatic carbocycles. The summed E-state index contributed by atoms with van der Waals surface area (Å²) in [7, 11) is 0. The molecule has 1 atom stereocenters.